The third-order valence-electron chi connectivity index (χ3n) is 5.97. The van der Waals surface area contributed by atoms with Gasteiger partial charge in [-0.05, 0) is 42.5 Å². The van der Waals surface area contributed by atoms with Crippen LogP contribution in [0.5, 0.6) is 0 Å². The van der Waals surface area contributed by atoms with Crippen LogP contribution in [0.15, 0.2) is 64.3 Å². The van der Waals surface area contributed by atoms with E-state index in [1.54, 1.807) is 13.0 Å². The molecule has 0 saturated carbocycles. The predicted octanol–water partition coefficient (Wildman–Crippen LogP) is 3.82. The van der Waals surface area contributed by atoms with Gasteiger partial charge in [0.15, 0.2) is 5.78 Å². The minimum atomic E-state index is -1.06. The summed E-state index contributed by atoms with van der Waals surface area (Å²) >= 11 is 1.47. The van der Waals surface area contributed by atoms with E-state index < -0.39 is 41.3 Å². The van der Waals surface area contributed by atoms with Crippen LogP contribution in [0.4, 0.5) is 4.39 Å². The molecule has 2 aromatic rings. The van der Waals surface area contributed by atoms with Crippen LogP contribution in [0.25, 0.3) is 0 Å². The van der Waals surface area contributed by atoms with Crippen LogP contribution in [0.2, 0.25) is 0 Å². The van der Waals surface area contributed by atoms with Crippen LogP contribution in [0.1, 0.15) is 35.6 Å². The van der Waals surface area contributed by atoms with E-state index >= 15 is 0 Å². The maximum atomic E-state index is 14.1. The Hall–Kier alpha value is -3.26. The molecule has 166 valence electrons. The molecule has 1 aromatic carbocycles. The largest absolute Gasteiger partial charge is 0.468 e. The van der Waals surface area contributed by atoms with Gasteiger partial charge < -0.3 is 14.8 Å². The summed E-state index contributed by atoms with van der Waals surface area (Å²) in [6.45, 7) is 1.72. The smallest absolute Gasteiger partial charge is 0.336 e. The van der Waals surface area contributed by atoms with Crippen LogP contribution in [0.3, 0.4) is 0 Å². The highest BCUT2D eigenvalue weighted by Gasteiger charge is 2.49. The number of dihydropyridines is 1. The van der Waals surface area contributed by atoms with Gasteiger partial charge in [0.25, 0.3) is 0 Å². The zero-order valence-electron chi connectivity index (χ0n) is 17.8. The lowest BCUT2D eigenvalue weighted by Crippen LogP contribution is -2.43. The van der Waals surface area contributed by atoms with Crippen molar-refractivity contribution in [1.82, 2.24) is 5.32 Å². The number of carbonyl (C=O) groups is 3. The minimum Gasteiger partial charge on any atom is -0.468 e. The minimum absolute atomic E-state index is 0.211. The first-order valence-corrected chi connectivity index (χ1v) is 10.9. The Kier molecular flexibility index (Phi) is 5.97. The second kappa shape index (κ2) is 8.70. The van der Waals surface area contributed by atoms with Gasteiger partial charge in [0, 0.05) is 33.7 Å². The molecule has 0 saturated heterocycles. The average Bonchev–Trinajstić information content (AvgIpc) is 3.32. The second-order valence-electron chi connectivity index (χ2n) is 7.73. The van der Waals surface area contributed by atoms with Crippen molar-refractivity contribution in [3.05, 3.63) is 80.6 Å². The molecule has 0 spiro atoms. The molecule has 2 aliphatic rings. The van der Waals surface area contributed by atoms with Crippen LogP contribution in [0, 0.1) is 11.7 Å². The van der Waals surface area contributed by atoms with Gasteiger partial charge in [-0.3, -0.25) is 9.59 Å². The number of ether oxygens (including phenoxy) is 2. The zero-order chi connectivity index (χ0) is 23.0. The number of allylic oxidation sites excluding steroid dienone is 3. The number of halogens is 1. The van der Waals surface area contributed by atoms with Gasteiger partial charge in [0.1, 0.15) is 11.7 Å². The Morgan fingerprint density at radius 2 is 1.94 bits per heavy atom. The topological polar surface area (TPSA) is 81.7 Å². The third-order valence-corrected chi connectivity index (χ3v) is 6.97. The summed E-state index contributed by atoms with van der Waals surface area (Å²) in [6.07, 6.45) is 0.374. The molecule has 1 N–H and O–H groups in total. The zero-order valence-corrected chi connectivity index (χ0v) is 18.6. The number of nitrogens with one attached hydrogen (secondary N) is 1. The van der Waals surface area contributed by atoms with Crippen molar-refractivity contribution in [3.63, 3.8) is 0 Å². The van der Waals surface area contributed by atoms with Crippen molar-refractivity contribution in [3.8, 4) is 0 Å². The van der Waals surface area contributed by atoms with Gasteiger partial charge in [0.05, 0.1) is 19.8 Å². The first-order chi connectivity index (χ1) is 15.4. The predicted molar refractivity (Wildman–Crippen MR) is 116 cm³/mol. The lowest BCUT2D eigenvalue weighted by atomic mass is 9.68. The van der Waals surface area contributed by atoms with Crippen LogP contribution in [-0.2, 0) is 23.9 Å². The number of Topliss-reactive ketones (excluding diaryl/α,β-unsaturated/α-hetero) is 1. The molecule has 6 nitrogen and oxygen atoms in total. The Morgan fingerprint density at radius 1 is 1.16 bits per heavy atom. The summed E-state index contributed by atoms with van der Waals surface area (Å²) in [7, 11) is 2.50. The maximum Gasteiger partial charge on any atom is 0.336 e. The molecule has 0 radical (unpaired) electrons. The SMILES string of the molecule is COC(=O)C1=C(C)NC2=C(C(=O)[C@H](C(=O)OC)[C@H](c3cccs3)C2)[C@@H]1c1cccc(F)c1. The summed E-state index contributed by atoms with van der Waals surface area (Å²) in [5.74, 6) is -4.52. The van der Waals surface area contributed by atoms with Crippen molar-refractivity contribution in [2.24, 2.45) is 5.92 Å². The molecule has 32 heavy (non-hydrogen) atoms. The van der Waals surface area contributed by atoms with Gasteiger partial charge >= 0.3 is 11.9 Å². The first kappa shape index (κ1) is 22.0. The Labute approximate surface area is 188 Å². The molecule has 8 heteroatoms. The van der Waals surface area contributed by atoms with E-state index in [0.29, 0.717) is 23.4 Å². The Bertz CT molecular complexity index is 1150. The third kappa shape index (κ3) is 3.64. The van der Waals surface area contributed by atoms with Gasteiger partial charge in [-0.1, -0.05) is 18.2 Å². The van der Waals surface area contributed by atoms with E-state index in [2.05, 4.69) is 5.32 Å². The lowest BCUT2D eigenvalue weighted by Gasteiger charge is -2.39. The molecule has 1 aliphatic carbocycles. The van der Waals surface area contributed by atoms with E-state index in [-0.39, 0.29) is 11.1 Å². The highest BCUT2D eigenvalue weighted by molar-refractivity contribution is 7.10. The normalized spacial score (nSPS) is 22.9. The monoisotopic (exact) mass is 455 g/mol. The standard InChI is InChI=1S/C24H22FNO5S/c1-12-18(23(28)30-2)19(13-6-4-7-14(25)10-13)21-16(26-12)11-15(17-8-5-9-32-17)20(22(21)27)24(29)31-3/h4-10,15,19-20,26H,11H2,1-3H3/t15-,19+,20+/m0/s1. The fourth-order valence-electron chi connectivity index (χ4n) is 4.60. The number of esters is 2. The molecule has 3 atom stereocenters. The molecule has 0 amide bonds. The number of ketones is 1. The van der Waals surface area contributed by atoms with E-state index in [0.717, 1.165) is 4.88 Å². The molecule has 0 fully saturated rings. The lowest BCUT2D eigenvalue weighted by molar-refractivity contribution is -0.149. The number of hydrogen-bond donors (Lipinski definition) is 1. The molecule has 1 aliphatic heterocycles. The highest BCUT2D eigenvalue weighted by Crippen LogP contribution is 2.48. The fraction of sp³-hybridized carbons (Fsp3) is 0.292. The van der Waals surface area contributed by atoms with Crippen molar-refractivity contribution >= 4 is 29.1 Å². The number of methoxy groups -OCH3 is 2. The van der Waals surface area contributed by atoms with E-state index in [4.69, 9.17) is 9.47 Å². The maximum absolute atomic E-state index is 14.1. The highest BCUT2D eigenvalue weighted by atomic mass is 32.1. The summed E-state index contributed by atoms with van der Waals surface area (Å²) in [5, 5.41) is 5.09. The van der Waals surface area contributed by atoms with Crippen LogP contribution >= 0.6 is 11.3 Å². The number of benzene rings is 1. The summed E-state index contributed by atoms with van der Waals surface area (Å²) in [6, 6.07) is 9.53. The van der Waals surface area contributed by atoms with E-state index in [9.17, 15) is 18.8 Å². The van der Waals surface area contributed by atoms with Gasteiger partial charge in [-0.2, -0.15) is 0 Å². The Balaban J connectivity index is 1.92. The average molecular weight is 456 g/mol. The van der Waals surface area contributed by atoms with Crippen molar-refractivity contribution in [2.75, 3.05) is 14.2 Å². The molecular weight excluding hydrogens is 433 g/mol. The summed E-state index contributed by atoms with van der Waals surface area (Å²) in [5.41, 5.74) is 2.06. The molecule has 2 heterocycles. The van der Waals surface area contributed by atoms with Crippen LogP contribution in [-0.4, -0.2) is 31.9 Å². The second-order valence-corrected chi connectivity index (χ2v) is 8.71. The number of thiophene rings is 1. The number of hydrogen-bond acceptors (Lipinski definition) is 7. The molecule has 0 unspecified atom stereocenters. The number of rotatable bonds is 4. The molecular formula is C24H22FNO5S. The van der Waals surface area contributed by atoms with Crippen LogP contribution < -0.4 is 5.32 Å². The van der Waals surface area contributed by atoms with E-state index in [1.165, 1.54) is 43.8 Å². The molecule has 4 rings (SSSR count). The summed E-state index contributed by atoms with van der Waals surface area (Å²) < 4.78 is 24.1. The fourth-order valence-corrected chi connectivity index (χ4v) is 5.47. The van der Waals surface area contributed by atoms with Gasteiger partial charge in [0.2, 0.25) is 0 Å². The van der Waals surface area contributed by atoms with Crippen molar-refractivity contribution < 1.29 is 28.2 Å². The molecule has 1 aromatic heterocycles. The number of carbonyl (C=O) groups excluding carboxylic acids is 3. The van der Waals surface area contributed by atoms with Gasteiger partial charge in [-0.25, -0.2) is 9.18 Å². The van der Waals surface area contributed by atoms with E-state index in [1.807, 2.05) is 17.5 Å². The summed E-state index contributed by atoms with van der Waals surface area (Å²) in [4.78, 5) is 40.2. The van der Waals surface area contributed by atoms with Crippen molar-refractivity contribution in [2.45, 2.75) is 25.2 Å². The molecule has 0 bridgehead atoms. The quantitative estimate of drug-likeness (QED) is 0.558. The Morgan fingerprint density at radius 3 is 2.56 bits per heavy atom. The van der Waals surface area contributed by atoms with Gasteiger partial charge in [-0.15, -0.1) is 11.3 Å². The first-order valence-electron chi connectivity index (χ1n) is 10.1. The van der Waals surface area contributed by atoms with Crippen molar-refractivity contribution in [1.29, 1.82) is 0 Å².